The number of hydrogen-bond donors (Lipinski definition) is 1. The number of aromatic nitrogens is 1. The van der Waals surface area contributed by atoms with Gasteiger partial charge in [-0.05, 0) is 37.3 Å². The van der Waals surface area contributed by atoms with Crippen molar-refractivity contribution in [2.75, 3.05) is 19.0 Å². The number of hydrogen-bond acceptors (Lipinski definition) is 6. The Morgan fingerprint density at radius 3 is 2.55 bits per heavy atom. The number of methoxy groups -OCH3 is 1. The first kappa shape index (κ1) is 22.1. The van der Waals surface area contributed by atoms with Crippen LogP contribution >= 0.6 is 11.6 Å². The molecule has 8 heteroatoms. The van der Waals surface area contributed by atoms with Crippen molar-refractivity contribution in [3.63, 3.8) is 0 Å². The van der Waals surface area contributed by atoms with E-state index in [4.69, 9.17) is 25.8 Å². The van der Waals surface area contributed by atoms with Crippen molar-refractivity contribution in [1.82, 2.24) is 4.98 Å². The van der Waals surface area contributed by atoms with Crippen LogP contribution < -0.4 is 14.8 Å². The Morgan fingerprint density at radius 1 is 1.10 bits per heavy atom. The van der Waals surface area contributed by atoms with E-state index in [1.807, 2.05) is 0 Å². The number of halogens is 1. The Balaban J connectivity index is 1.86. The molecule has 0 fully saturated rings. The van der Waals surface area contributed by atoms with Crippen LogP contribution in [0, 0.1) is 0 Å². The summed E-state index contributed by atoms with van der Waals surface area (Å²) in [6.07, 6.45) is 0.306. The van der Waals surface area contributed by atoms with Crippen molar-refractivity contribution in [3.8, 4) is 11.6 Å². The zero-order valence-corrected chi connectivity index (χ0v) is 17.8. The van der Waals surface area contributed by atoms with Crippen molar-refractivity contribution in [2.45, 2.75) is 13.0 Å². The second kappa shape index (κ2) is 10.4. The van der Waals surface area contributed by atoms with Crippen LogP contribution in [-0.4, -0.2) is 30.6 Å². The van der Waals surface area contributed by atoms with E-state index in [0.717, 1.165) is 0 Å². The summed E-state index contributed by atoms with van der Waals surface area (Å²) in [6.45, 7) is 2.11. The second-order valence-corrected chi connectivity index (χ2v) is 6.73. The number of carbonyl (C=O) groups is 2. The summed E-state index contributed by atoms with van der Waals surface area (Å²) < 4.78 is 16.1. The first-order chi connectivity index (χ1) is 15.0. The lowest BCUT2D eigenvalue weighted by Crippen LogP contribution is -2.26. The van der Waals surface area contributed by atoms with Crippen molar-refractivity contribution in [1.29, 1.82) is 0 Å². The largest absolute Gasteiger partial charge is 0.495 e. The maximum Gasteiger partial charge on any atom is 0.344 e. The van der Waals surface area contributed by atoms with Crippen LogP contribution in [0.3, 0.4) is 0 Å². The van der Waals surface area contributed by atoms with E-state index in [1.165, 1.54) is 19.4 Å². The van der Waals surface area contributed by atoms with Crippen molar-refractivity contribution >= 4 is 29.2 Å². The lowest BCUT2D eigenvalue weighted by atomic mass is 10.1. The molecule has 1 aromatic heterocycles. The molecule has 0 unspecified atom stereocenters. The Kier molecular flexibility index (Phi) is 7.45. The van der Waals surface area contributed by atoms with Gasteiger partial charge in [-0.25, -0.2) is 9.78 Å². The van der Waals surface area contributed by atoms with Crippen LogP contribution in [0.15, 0.2) is 66.9 Å². The summed E-state index contributed by atoms with van der Waals surface area (Å²) in [5.41, 5.74) is 1.07. The number of esters is 1. The van der Waals surface area contributed by atoms with Gasteiger partial charge in [0.05, 0.1) is 18.7 Å². The monoisotopic (exact) mass is 440 g/mol. The third-order valence-corrected chi connectivity index (χ3v) is 4.55. The fourth-order valence-electron chi connectivity index (χ4n) is 2.82. The van der Waals surface area contributed by atoms with Crippen molar-refractivity contribution < 1.29 is 23.8 Å². The van der Waals surface area contributed by atoms with Crippen LogP contribution in [0.5, 0.6) is 11.6 Å². The van der Waals surface area contributed by atoms with Gasteiger partial charge in [0.2, 0.25) is 12.0 Å². The van der Waals surface area contributed by atoms with E-state index in [-0.39, 0.29) is 11.4 Å². The van der Waals surface area contributed by atoms with Gasteiger partial charge in [0.25, 0.3) is 5.91 Å². The molecule has 0 aliphatic carbocycles. The number of anilines is 1. The Labute approximate surface area is 184 Å². The molecule has 1 atom stereocenters. The molecule has 0 spiro atoms. The standard InChI is InChI=1S/C23H21ClN2O5/c1-3-30-22-17(10-7-13-25-22)23(28)31-20(15-8-5-4-6-9-15)21(27)26-16-11-12-19(29-2)18(24)14-16/h4-14,20H,3H2,1-2H3,(H,26,27)/t20-/m1/s1. The highest BCUT2D eigenvalue weighted by Crippen LogP contribution is 2.29. The molecule has 2 aromatic carbocycles. The van der Waals surface area contributed by atoms with Gasteiger partial charge >= 0.3 is 5.97 Å². The predicted molar refractivity (Wildman–Crippen MR) is 117 cm³/mol. The fraction of sp³-hybridized carbons (Fsp3) is 0.174. The highest BCUT2D eigenvalue weighted by molar-refractivity contribution is 6.32. The van der Waals surface area contributed by atoms with E-state index >= 15 is 0 Å². The number of carbonyl (C=O) groups excluding carboxylic acids is 2. The van der Waals surface area contributed by atoms with Crippen molar-refractivity contribution in [3.05, 3.63) is 83.0 Å². The van der Waals surface area contributed by atoms with E-state index < -0.39 is 18.0 Å². The van der Waals surface area contributed by atoms with Crippen LogP contribution in [0.1, 0.15) is 28.9 Å². The molecule has 1 amide bonds. The van der Waals surface area contributed by atoms with Crippen LogP contribution in [0.2, 0.25) is 5.02 Å². The molecule has 160 valence electrons. The summed E-state index contributed by atoms with van der Waals surface area (Å²) in [6, 6.07) is 16.7. The average Bonchev–Trinajstić information content (AvgIpc) is 2.78. The smallest absolute Gasteiger partial charge is 0.344 e. The fourth-order valence-corrected chi connectivity index (χ4v) is 3.08. The maximum atomic E-state index is 13.0. The third-order valence-electron chi connectivity index (χ3n) is 4.26. The lowest BCUT2D eigenvalue weighted by molar-refractivity contribution is -0.125. The Morgan fingerprint density at radius 2 is 1.87 bits per heavy atom. The van der Waals surface area contributed by atoms with Crippen LogP contribution in [0.4, 0.5) is 5.69 Å². The third kappa shape index (κ3) is 5.52. The van der Waals surface area contributed by atoms with Gasteiger partial charge in [0, 0.05) is 17.4 Å². The predicted octanol–water partition coefficient (Wildman–Crippen LogP) is 4.68. The molecule has 0 aliphatic heterocycles. The summed E-state index contributed by atoms with van der Waals surface area (Å²) in [5.74, 6) is -0.647. The minimum atomic E-state index is -1.20. The molecular formula is C23H21ClN2O5. The van der Waals surface area contributed by atoms with Crippen LogP contribution in [-0.2, 0) is 9.53 Å². The molecule has 3 aromatic rings. The van der Waals surface area contributed by atoms with E-state index in [9.17, 15) is 9.59 Å². The summed E-state index contributed by atoms with van der Waals surface area (Å²) in [7, 11) is 1.50. The first-order valence-corrected chi connectivity index (χ1v) is 9.89. The molecule has 0 saturated carbocycles. The summed E-state index contributed by atoms with van der Waals surface area (Å²) in [5, 5.41) is 3.06. The number of pyridine rings is 1. The Hall–Kier alpha value is -3.58. The highest BCUT2D eigenvalue weighted by atomic mass is 35.5. The topological polar surface area (TPSA) is 86.8 Å². The normalized spacial score (nSPS) is 11.3. The summed E-state index contributed by atoms with van der Waals surface area (Å²) >= 11 is 6.14. The number of rotatable bonds is 8. The molecular weight excluding hydrogens is 420 g/mol. The first-order valence-electron chi connectivity index (χ1n) is 9.51. The molecule has 1 heterocycles. The van der Waals surface area contributed by atoms with Crippen LogP contribution in [0.25, 0.3) is 0 Å². The zero-order valence-electron chi connectivity index (χ0n) is 17.0. The second-order valence-electron chi connectivity index (χ2n) is 6.32. The molecule has 0 saturated heterocycles. The van der Waals surface area contributed by atoms with Gasteiger partial charge < -0.3 is 19.5 Å². The lowest BCUT2D eigenvalue weighted by Gasteiger charge is -2.19. The quantitative estimate of drug-likeness (QED) is 0.512. The molecule has 3 rings (SSSR count). The molecule has 1 N–H and O–H groups in total. The molecule has 0 aliphatic rings. The van der Waals surface area contributed by atoms with E-state index in [2.05, 4.69) is 10.3 Å². The van der Waals surface area contributed by atoms with E-state index in [0.29, 0.717) is 28.6 Å². The van der Waals surface area contributed by atoms with Gasteiger partial charge in [-0.2, -0.15) is 0 Å². The maximum absolute atomic E-state index is 13.0. The highest BCUT2D eigenvalue weighted by Gasteiger charge is 2.27. The number of nitrogens with one attached hydrogen (secondary N) is 1. The summed E-state index contributed by atoms with van der Waals surface area (Å²) in [4.78, 5) is 30.0. The van der Waals surface area contributed by atoms with Gasteiger partial charge in [-0.3, -0.25) is 4.79 Å². The average molecular weight is 441 g/mol. The Bertz CT molecular complexity index is 1060. The number of benzene rings is 2. The number of amides is 1. The SMILES string of the molecule is CCOc1ncccc1C(=O)O[C@@H](C(=O)Nc1ccc(OC)c(Cl)c1)c1ccccc1. The number of nitrogens with zero attached hydrogens (tertiary/aromatic N) is 1. The van der Waals surface area contributed by atoms with Gasteiger partial charge in [-0.1, -0.05) is 41.9 Å². The number of ether oxygens (including phenoxy) is 3. The van der Waals surface area contributed by atoms with Gasteiger partial charge in [-0.15, -0.1) is 0 Å². The van der Waals surface area contributed by atoms with E-state index in [1.54, 1.807) is 61.5 Å². The minimum absolute atomic E-state index is 0.130. The minimum Gasteiger partial charge on any atom is -0.495 e. The van der Waals surface area contributed by atoms with Crippen molar-refractivity contribution in [2.24, 2.45) is 0 Å². The molecule has 7 nitrogen and oxygen atoms in total. The molecule has 0 radical (unpaired) electrons. The zero-order chi connectivity index (χ0) is 22.2. The molecule has 31 heavy (non-hydrogen) atoms. The molecule has 0 bridgehead atoms. The van der Waals surface area contributed by atoms with Gasteiger partial charge in [0.15, 0.2) is 0 Å². The van der Waals surface area contributed by atoms with Gasteiger partial charge in [0.1, 0.15) is 11.3 Å².